The smallest absolute Gasteiger partial charge is 0.322 e. The molecule has 1 aliphatic heterocycles. The molecule has 0 saturated carbocycles. The molecular weight excluding hydrogens is 204 g/mol. The summed E-state index contributed by atoms with van der Waals surface area (Å²) in [6, 6.07) is 8.87. The Hall–Kier alpha value is -2.06. The summed E-state index contributed by atoms with van der Waals surface area (Å²) in [6.07, 6.45) is 0. The first kappa shape index (κ1) is 10.5. The summed E-state index contributed by atoms with van der Waals surface area (Å²) < 4.78 is 0. The molecule has 1 heterocycles. The first-order chi connectivity index (χ1) is 7.76. The molecule has 5 heteroatoms. The Labute approximate surface area is 93.5 Å². The largest absolute Gasteiger partial charge is 0.332 e. The molecule has 1 atom stereocenters. The molecule has 1 aromatic rings. The van der Waals surface area contributed by atoms with Gasteiger partial charge >= 0.3 is 6.03 Å². The normalized spacial score (nSPS) is 19.4. The minimum Gasteiger partial charge on any atom is -0.332 e. The quantitative estimate of drug-likeness (QED) is 0.751. The van der Waals surface area contributed by atoms with E-state index in [-0.39, 0.29) is 12.1 Å². The second-order valence-corrected chi connectivity index (χ2v) is 3.62. The van der Waals surface area contributed by atoms with Crippen molar-refractivity contribution in [3.05, 3.63) is 29.8 Å². The highest BCUT2D eigenvalue weighted by Crippen LogP contribution is 2.22. The molecule has 2 amide bonds. The first-order valence-electron chi connectivity index (χ1n) is 5.03. The molecule has 82 valence electrons. The zero-order valence-electron chi connectivity index (χ0n) is 8.68. The van der Waals surface area contributed by atoms with Crippen molar-refractivity contribution < 1.29 is 4.79 Å². The number of hydrogen-bond donors (Lipinski definition) is 2. The van der Waals surface area contributed by atoms with E-state index in [2.05, 4.69) is 11.4 Å². The summed E-state index contributed by atoms with van der Waals surface area (Å²) in [5.41, 5.74) is 6.63. The van der Waals surface area contributed by atoms with Crippen LogP contribution in [-0.4, -0.2) is 25.2 Å². The van der Waals surface area contributed by atoms with Gasteiger partial charge in [0.2, 0.25) is 0 Å². The molecule has 16 heavy (non-hydrogen) atoms. The lowest BCUT2D eigenvalue weighted by atomic mass is 10.2. The number of urea groups is 1. The van der Waals surface area contributed by atoms with E-state index >= 15 is 0 Å². The number of para-hydroxylation sites is 1. The first-order valence-corrected chi connectivity index (χ1v) is 5.03. The van der Waals surface area contributed by atoms with E-state index in [0.29, 0.717) is 24.3 Å². The van der Waals surface area contributed by atoms with Crippen molar-refractivity contribution in [2.24, 2.45) is 5.73 Å². The van der Waals surface area contributed by atoms with Gasteiger partial charge in [-0.25, -0.2) is 4.79 Å². The van der Waals surface area contributed by atoms with Crippen LogP contribution in [0, 0.1) is 11.3 Å². The van der Waals surface area contributed by atoms with Gasteiger partial charge in [-0.05, 0) is 12.1 Å². The molecule has 2 rings (SSSR count). The highest BCUT2D eigenvalue weighted by Gasteiger charge is 2.29. The number of benzene rings is 1. The van der Waals surface area contributed by atoms with Crippen molar-refractivity contribution in [3.63, 3.8) is 0 Å². The number of carbonyl (C=O) groups excluding carboxylic acids is 1. The molecule has 0 bridgehead atoms. The number of nitrogens with one attached hydrogen (secondary N) is 1. The van der Waals surface area contributed by atoms with Gasteiger partial charge in [0.1, 0.15) is 6.07 Å². The predicted molar refractivity (Wildman–Crippen MR) is 59.9 cm³/mol. The molecule has 1 unspecified atom stereocenters. The molecule has 0 radical (unpaired) electrons. The Balaban J connectivity index is 2.32. The van der Waals surface area contributed by atoms with Crippen LogP contribution in [0.4, 0.5) is 10.5 Å². The topological polar surface area (TPSA) is 82.2 Å². The number of hydrogen-bond acceptors (Lipinski definition) is 3. The van der Waals surface area contributed by atoms with Gasteiger partial charge in [0.25, 0.3) is 0 Å². The highest BCUT2D eigenvalue weighted by atomic mass is 16.2. The molecule has 3 N–H and O–H groups in total. The van der Waals surface area contributed by atoms with Crippen molar-refractivity contribution in [3.8, 4) is 6.07 Å². The van der Waals surface area contributed by atoms with Crippen LogP contribution in [0.1, 0.15) is 5.56 Å². The lowest BCUT2D eigenvalue weighted by Gasteiger charge is -2.15. The average molecular weight is 216 g/mol. The van der Waals surface area contributed by atoms with Gasteiger partial charge in [-0.2, -0.15) is 5.26 Å². The van der Waals surface area contributed by atoms with Gasteiger partial charge in [-0.15, -0.1) is 0 Å². The van der Waals surface area contributed by atoms with Crippen LogP contribution in [0.25, 0.3) is 0 Å². The number of rotatable bonds is 2. The Bertz CT molecular complexity index is 452. The lowest BCUT2D eigenvalue weighted by Crippen LogP contribution is -2.33. The van der Waals surface area contributed by atoms with Gasteiger partial charge in [-0.1, -0.05) is 12.1 Å². The third-order valence-electron chi connectivity index (χ3n) is 2.58. The number of anilines is 1. The van der Waals surface area contributed by atoms with Crippen LogP contribution in [0.5, 0.6) is 0 Å². The molecule has 1 saturated heterocycles. The zero-order chi connectivity index (χ0) is 11.5. The van der Waals surface area contributed by atoms with Crippen molar-refractivity contribution in [2.45, 2.75) is 6.04 Å². The minimum absolute atomic E-state index is 0.0424. The molecule has 5 nitrogen and oxygen atoms in total. The van der Waals surface area contributed by atoms with E-state index in [4.69, 9.17) is 11.0 Å². The molecule has 0 aliphatic carbocycles. The second-order valence-electron chi connectivity index (χ2n) is 3.62. The van der Waals surface area contributed by atoms with Gasteiger partial charge in [0.05, 0.1) is 17.3 Å². The van der Waals surface area contributed by atoms with Crippen LogP contribution in [-0.2, 0) is 0 Å². The Morgan fingerprint density at radius 3 is 2.94 bits per heavy atom. The summed E-state index contributed by atoms with van der Waals surface area (Å²) in [5, 5.41) is 11.7. The van der Waals surface area contributed by atoms with Gasteiger partial charge < -0.3 is 11.1 Å². The third kappa shape index (κ3) is 1.71. The van der Waals surface area contributed by atoms with Crippen LogP contribution in [0.3, 0.4) is 0 Å². The zero-order valence-corrected chi connectivity index (χ0v) is 8.68. The van der Waals surface area contributed by atoms with E-state index in [1.165, 1.54) is 0 Å². The fourth-order valence-electron chi connectivity index (χ4n) is 1.75. The maximum Gasteiger partial charge on any atom is 0.322 e. The number of nitrogens with zero attached hydrogens (tertiary/aromatic N) is 2. The summed E-state index contributed by atoms with van der Waals surface area (Å²) in [4.78, 5) is 13.2. The van der Waals surface area contributed by atoms with E-state index < -0.39 is 0 Å². The summed E-state index contributed by atoms with van der Waals surface area (Å²) in [5.74, 6) is 0. The maximum atomic E-state index is 11.7. The van der Waals surface area contributed by atoms with Crippen LogP contribution < -0.4 is 16.0 Å². The van der Waals surface area contributed by atoms with Crippen molar-refractivity contribution >= 4 is 11.7 Å². The van der Waals surface area contributed by atoms with Crippen molar-refractivity contribution in [1.82, 2.24) is 5.32 Å². The number of carbonyl (C=O) groups is 1. The van der Waals surface area contributed by atoms with E-state index in [1.807, 2.05) is 0 Å². The fourth-order valence-corrected chi connectivity index (χ4v) is 1.75. The third-order valence-corrected chi connectivity index (χ3v) is 2.58. The monoisotopic (exact) mass is 216 g/mol. The number of amides is 2. The van der Waals surface area contributed by atoms with Gasteiger partial charge in [0, 0.05) is 13.1 Å². The number of nitriles is 1. The van der Waals surface area contributed by atoms with Gasteiger partial charge in [0.15, 0.2) is 0 Å². The lowest BCUT2D eigenvalue weighted by molar-refractivity contribution is 0.251. The van der Waals surface area contributed by atoms with Crippen molar-refractivity contribution in [1.29, 1.82) is 5.26 Å². The fraction of sp³-hybridized carbons (Fsp3) is 0.273. The minimum atomic E-state index is -0.196. The molecule has 0 spiro atoms. The van der Waals surface area contributed by atoms with E-state index in [9.17, 15) is 4.79 Å². The van der Waals surface area contributed by atoms with Crippen LogP contribution in [0.2, 0.25) is 0 Å². The van der Waals surface area contributed by atoms with Gasteiger partial charge in [-0.3, -0.25) is 4.90 Å². The van der Waals surface area contributed by atoms with Crippen LogP contribution >= 0.6 is 0 Å². The Morgan fingerprint density at radius 2 is 2.31 bits per heavy atom. The maximum absolute atomic E-state index is 11.7. The molecule has 1 aliphatic rings. The molecule has 1 fully saturated rings. The Morgan fingerprint density at radius 1 is 1.56 bits per heavy atom. The SMILES string of the molecule is N#Cc1ccccc1N1CC(CN)NC1=O. The standard InChI is InChI=1S/C11H12N4O/c12-5-8-3-1-2-4-10(8)15-7-9(6-13)14-11(15)16/h1-4,9H,6-7,13H2,(H,14,16). The Kier molecular flexibility index (Phi) is 2.75. The van der Waals surface area contributed by atoms with Crippen molar-refractivity contribution in [2.75, 3.05) is 18.0 Å². The number of nitrogens with two attached hydrogens (primary N) is 1. The average Bonchev–Trinajstić information content (AvgIpc) is 2.70. The molecule has 1 aromatic carbocycles. The molecule has 0 aromatic heterocycles. The summed E-state index contributed by atoms with van der Waals surface area (Å²) >= 11 is 0. The molecular formula is C11H12N4O. The summed E-state index contributed by atoms with van der Waals surface area (Å²) in [6.45, 7) is 0.908. The predicted octanol–water partition coefficient (Wildman–Crippen LogP) is 0.415. The van der Waals surface area contributed by atoms with E-state index in [0.717, 1.165) is 0 Å². The second kappa shape index (κ2) is 4.21. The summed E-state index contributed by atoms with van der Waals surface area (Å²) in [7, 11) is 0. The van der Waals surface area contributed by atoms with Crippen LogP contribution in [0.15, 0.2) is 24.3 Å². The van der Waals surface area contributed by atoms with E-state index in [1.54, 1.807) is 29.2 Å². The highest BCUT2D eigenvalue weighted by molar-refractivity contribution is 5.95.